The maximum atomic E-state index is 5.95. The molecule has 1 aromatic heterocycles. The molecule has 2 aromatic rings. The van der Waals surface area contributed by atoms with Gasteiger partial charge in [0.15, 0.2) is 0 Å². The van der Waals surface area contributed by atoms with E-state index in [2.05, 4.69) is 31.1 Å². The van der Waals surface area contributed by atoms with Crippen molar-refractivity contribution in [3.05, 3.63) is 52.1 Å². The Morgan fingerprint density at radius 3 is 2.38 bits per heavy atom. The Hall–Kier alpha value is -1.29. The molecule has 0 bridgehead atoms. The van der Waals surface area contributed by atoms with E-state index < -0.39 is 0 Å². The molecule has 1 N–H and O–H groups in total. The summed E-state index contributed by atoms with van der Waals surface area (Å²) in [5.74, 6) is 1.09. The Morgan fingerprint density at radius 1 is 1.10 bits per heavy atom. The second-order valence-corrected chi connectivity index (χ2v) is 6.69. The Kier molecular flexibility index (Phi) is 5.09. The Balaban J connectivity index is 2.10. The van der Waals surface area contributed by atoms with Gasteiger partial charge >= 0.3 is 0 Å². The average Bonchev–Trinajstić information content (AvgIpc) is 2.35. The minimum Gasteiger partial charge on any atom is -0.439 e. The van der Waals surface area contributed by atoms with Gasteiger partial charge < -0.3 is 10.1 Å². The van der Waals surface area contributed by atoms with Gasteiger partial charge in [0, 0.05) is 34.4 Å². The van der Waals surface area contributed by atoms with Gasteiger partial charge in [0.1, 0.15) is 5.75 Å². The van der Waals surface area contributed by atoms with Crippen molar-refractivity contribution in [1.29, 1.82) is 0 Å². The van der Waals surface area contributed by atoms with Crippen molar-refractivity contribution >= 4 is 23.2 Å². The summed E-state index contributed by atoms with van der Waals surface area (Å²) in [7, 11) is 0. The molecule has 2 rings (SSSR count). The molecule has 0 aliphatic rings. The standard InChI is InChI=1S/C16H18Cl2N2O/c1-16(2,3)20-10-11-4-5-19-15(6-11)21-14-8-12(17)7-13(18)9-14/h4-9,20H,10H2,1-3H3. The highest BCUT2D eigenvalue weighted by Crippen LogP contribution is 2.27. The van der Waals surface area contributed by atoms with Gasteiger partial charge in [-0.3, -0.25) is 0 Å². The van der Waals surface area contributed by atoms with Crippen LogP contribution in [0.3, 0.4) is 0 Å². The molecule has 112 valence electrons. The van der Waals surface area contributed by atoms with Gasteiger partial charge in [-0.05, 0) is 50.6 Å². The fourth-order valence-corrected chi connectivity index (χ4v) is 2.20. The molecule has 0 amide bonds. The largest absolute Gasteiger partial charge is 0.439 e. The first-order chi connectivity index (χ1) is 9.82. The summed E-state index contributed by atoms with van der Waals surface area (Å²) >= 11 is 11.9. The van der Waals surface area contributed by atoms with E-state index in [1.165, 1.54) is 0 Å². The molecule has 0 saturated carbocycles. The summed E-state index contributed by atoms with van der Waals surface area (Å²) in [5, 5.41) is 4.48. The molecule has 0 unspecified atom stereocenters. The molecule has 0 fully saturated rings. The van der Waals surface area contributed by atoms with Crippen LogP contribution < -0.4 is 10.1 Å². The van der Waals surface area contributed by atoms with Crippen LogP contribution in [0.1, 0.15) is 26.3 Å². The van der Waals surface area contributed by atoms with E-state index in [1.807, 2.05) is 12.1 Å². The number of pyridine rings is 1. The molecule has 0 saturated heterocycles. The zero-order valence-electron chi connectivity index (χ0n) is 12.3. The highest BCUT2D eigenvalue weighted by atomic mass is 35.5. The van der Waals surface area contributed by atoms with Crippen molar-refractivity contribution in [1.82, 2.24) is 10.3 Å². The minimum atomic E-state index is 0.0603. The quantitative estimate of drug-likeness (QED) is 0.852. The van der Waals surface area contributed by atoms with Crippen LogP contribution in [0.25, 0.3) is 0 Å². The number of aromatic nitrogens is 1. The predicted molar refractivity (Wildman–Crippen MR) is 87.4 cm³/mol. The van der Waals surface area contributed by atoms with Crippen molar-refractivity contribution in [2.24, 2.45) is 0 Å². The van der Waals surface area contributed by atoms with E-state index in [-0.39, 0.29) is 5.54 Å². The summed E-state index contributed by atoms with van der Waals surface area (Å²) in [6.45, 7) is 7.12. The number of halogens is 2. The van der Waals surface area contributed by atoms with Crippen molar-refractivity contribution in [2.45, 2.75) is 32.9 Å². The molecule has 0 spiro atoms. The fourth-order valence-electron chi connectivity index (χ4n) is 1.69. The number of ether oxygens (including phenoxy) is 1. The topological polar surface area (TPSA) is 34.2 Å². The Morgan fingerprint density at radius 2 is 1.76 bits per heavy atom. The first-order valence-corrected chi connectivity index (χ1v) is 7.41. The van der Waals surface area contributed by atoms with Gasteiger partial charge in [0.2, 0.25) is 5.88 Å². The molecule has 0 radical (unpaired) electrons. The zero-order valence-corrected chi connectivity index (χ0v) is 13.8. The van der Waals surface area contributed by atoms with Crippen LogP contribution in [0.15, 0.2) is 36.5 Å². The van der Waals surface area contributed by atoms with Crippen molar-refractivity contribution in [3.63, 3.8) is 0 Å². The SMILES string of the molecule is CC(C)(C)NCc1ccnc(Oc2cc(Cl)cc(Cl)c2)c1. The van der Waals surface area contributed by atoms with Gasteiger partial charge in [-0.25, -0.2) is 4.98 Å². The van der Waals surface area contributed by atoms with E-state index >= 15 is 0 Å². The summed E-state index contributed by atoms with van der Waals surface area (Å²) in [5.41, 5.74) is 1.16. The zero-order chi connectivity index (χ0) is 15.5. The van der Waals surface area contributed by atoms with Crippen LogP contribution in [0.4, 0.5) is 0 Å². The lowest BCUT2D eigenvalue weighted by Crippen LogP contribution is -2.35. The number of nitrogens with zero attached hydrogens (tertiary/aromatic N) is 1. The highest BCUT2D eigenvalue weighted by molar-refractivity contribution is 6.34. The average molecular weight is 325 g/mol. The molecule has 5 heteroatoms. The van der Waals surface area contributed by atoms with Crippen LogP contribution >= 0.6 is 23.2 Å². The van der Waals surface area contributed by atoms with E-state index in [1.54, 1.807) is 24.4 Å². The van der Waals surface area contributed by atoms with E-state index in [9.17, 15) is 0 Å². The normalized spacial score (nSPS) is 11.5. The van der Waals surface area contributed by atoms with E-state index in [0.29, 0.717) is 21.7 Å². The first-order valence-electron chi connectivity index (χ1n) is 6.66. The molecule has 0 aliphatic carbocycles. The lowest BCUT2D eigenvalue weighted by molar-refractivity contribution is 0.422. The maximum absolute atomic E-state index is 5.95. The van der Waals surface area contributed by atoms with E-state index in [4.69, 9.17) is 27.9 Å². The maximum Gasteiger partial charge on any atom is 0.219 e. The smallest absolute Gasteiger partial charge is 0.219 e. The Bertz CT molecular complexity index is 604. The number of nitrogens with one attached hydrogen (secondary N) is 1. The van der Waals surface area contributed by atoms with Crippen LogP contribution in [0.2, 0.25) is 10.0 Å². The van der Waals surface area contributed by atoms with E-state index in [0.717, 1.165) is 12.1 Å². The lowest BCUT2D eigenvalue weighted by atomic mass is 10.1. The van der Waals surface area contributed by atoms with Crippen LogP contribution in [0.5, 0.6) is 11.6 Å². The van der Waals surface area contributed by atoms with Crippen molar-refractivity contribution < 1.29 is 4.74 Å². The number of benzene rings is 1. The molecule has 1 aromatic carbocycles. The third kappa shape index (κ3) is 5.54. The van der Waals surface area contributed by atoms with Gasteiger partial charge in [-0.1, -0.05) is 23.2 Å². The molecule has 0 aliphatic heterocycles. The second-order valence-electron chi connectivity index (χ2n) is 5.81. The molecular weight excluding hydrogens is 307 g/mol. The van der Waals surface area contributed by atoms with Gasteiger partial charge in [-0.2, -0.15) is 0 Å². The van der Waals surface area contributed by atoms with Crippen LogP contribution in [-0.4, -0.2) is 10.5 Å². The summed E-state index contributed by atoms with van der Waals surface area (Å²) in [6, 6.07) is 8.92. The Labute approximate surface area is 135 Å². The number of rotatable bonds is 4. The summed E-state index contributed by atoms with van der Waals surface area (Å²) in [4.78, 5) is 4.20. The predicted octanol–water partition coefficient (Wildman–Crippen LogP) is 5.07. The second kappa shape index (κ2) is 6.65. The first kappa shape index (κ1) is 16.1. The fraction of sp³-hybridized carbons (Fsp3) is 0.312. The van der Waals surface area contributed by atoms with Gasteiger partial charge in [0.05, 0.1) is 0 Å². The minimum absolute atomic E-state index is 0.0603. The number of hydrogen-bond acceptors (Lipinski definition) is 3. The molecular formula is C16H18Cl2N2O. The highest BCUT2D eigenvalue weighted by Gasteiger charge is 2.09. The van der Waals surface area contributed by atoms with Crippen molar-refractivity contribution in [2.75, 3.05) is 0 Å². The van der Waals surface area contributed by atoms with Crippen LogP contribution in [0, 0.1) is 0 Å². The molecule has 3 nitrogen and oxygen atoms in total. The number of hydrogen-bond donors (Lipinski definition) is 1. The molecule has 1 heterocycles. The summed E-state index contributed by atoms with van der Waals surface area (Å²) < 4.78 is 5.70. The molecule has 0 atom stereocenters. The molecule has 21 heavy (non-hydrogen) atoms. The summed E-state index contributed by atoms with van der Waals surface area (Å²) in [6.07, 6.45) is 1.72. The van der Waals surface area contributed by atoms with Crippen molar-refractivity contribution in [3.8, 4) is 11.6 Å². The third-order valence-electron chi connectivity index (χ3n) is 2.68. The monoisotopic (exact) mass is 324 g/mol. The van der Waals surface area contributed by atoms with Gasteiger partial charge in [0.25, 0.3) is 0 Å². The van der Waals surface area contributed by atoms with Crippen LogP contribution in [-0.2, 0) is 6.54 Å². The van der Waals surface area contributed by atoms with Gasteiger partial charge in [-0.15, -0.1) is 0 Å². The lowest BCUT2D eigenvalue weighted by Gasteiger charge is -2.20. The third-order valence-corrected chi connectivity index (χ3v) is 3.12.